The Morgan fingerprint density at radius 2 is 1.80 bits per heavy atom. The number of nitrogens with one attached hydrogen (secondary N) is 2. The fourth-order valence-electron chi connectivity index (χ4n) is 4.11. The number of benzene rings is 1. The Hall–Kier alpha value is -1.94. The molecule has 0 amide bonds. The Labute approximate surface area is 150 Å². The van der Waals surface area contributed by atoms with E-state index in [9.17, 15) is 0 Å². The van der Waals surface area contributed by atoms with E-state index in [0.717, 1.165) is 18.8 Å². The molecule has 0 aromatic heterocycles. The second-order valence-corrected chi connectivity index (χ2v) is 7.27. The maximum absolute atomic E-state index is 5.94. The minimum absolute atomic E-state index is 0.802. The molecular formula is C21H29N3O. The Morgan fingerprint density at radius 1 is 0.960 bits per heavy atom. The first-order valence-electron chi connectivity index (χ1n) is 9.80. The van der Waals surface area contributed by atoms with E-state index >= 15 is 0 Å². The van der Waals surface area contributed by atoms with Crippen molar-refractivity contribution in [1.29, 1.82) is 0 Å². The average molecular weight is 339 g/mol. The van der Waals surface area contributed by atoms with Crippen LogP contribution < -0.4 is 15.6 Å². The lowest BCUT2D eigenvalue weighted by Crippen LogP contribution is -2.31. The van der Waals surface area contributed by atoms with Crippen LogP contribution in [0, 0.1) is 0 Å². The second kappa shape index (κ2) is 7.96. The SMILES string of the molecule is C1=C2CCCC2=C(c2ccc(OCCCN3CCCCC3)cc2)NN1. The maximum atomic E-state index is 5.94. The first-order valence-corrected chi connectivity index (χ1v) is 9.80. The number of fused-ring (bicyclic) bond motifs is 1. The Bertz CT molecular complexity index is 642. The zero-order chi connectivity index (χ0) is 16.9. The van der Waals surface area contributed by atoms with Crippen molar-refractivity contribution >= 4 is 5.70 Å². The number of likely N-dealkylation sites (tertiary alicyclic amines) is 1. The van der Waals surface area contributed by atoms with E-state index in [1.165, 1.54) is 80.6 Å². The lowest BCUT2D eigenvalue weighted by atomic mass is 10.0. The van der Waals surface area contributed by atoms with Crippen LogP contribution in [0.5, 0.6) is 5.75 Å². The van der Waals surface area contributed by atoms with Gasteiger partial charge in [-0.2, -0.15) is 0 Å². The normalized spacial score (nSPS) is 20.6. The molecule has 0 unspecified atom stereocenters. The quantitative estimate of drug-likeness (QED) is 0.773. The van der Waals surface area contributed by atoms with Crippen molar-refractivity contribution in [2.24, 2.45) is 0 Å². The van der Waals surface area contributed by atoms with E-state index in [-0.39, 0.29) is 0 Å². The lowest BCUT2D eigenvalue weighted by molar-refractivity contribution is 0.205. The zero-order valence-corrected chi connectivity index (χ0v) is 15.0. The van der Waals surface area contributed by atoms with Gasteiger partial charge in [-0.1, -0.05) is 6.42 Å². The highest BCUT2D eigenvalue weighted by molar-refractivity contribution is 5.73. The van der Waals surface area contributed by atoms with Crippen LogP contribution >= 0.6 is 0 Å². The van der Waals surface area contributed by atoms with E-state index in [1.54, 1.807) is 0 Å². The Kier molecular flexibility index (Phi) is 5.26. The molecule has 25 heavy (non-hydrogen) atoms. The molecule has 4 heteroatoms. The first-order chi connectivity index (χ1) is 12.4. The molecule has 1 saturated heterocycles. The summed E-state index contributed by atoms with van der Waals surface area (Å²) in [6.45, 7) is 4.50. The molecule has 1 aliphatic carbocycles. The largest absolute Gasteiger partial charge is 0.494 e. The number of nitrogens with zero attached hydrogens (tertiary/aromatic N) is 1. The summed E-state index contributed by atoms with van der Waals surface area (Å²) >= 11 is 0. The Morgan fingerprint density at radius 3 is 2.64 bits per heavy atom. The number of hydrogen-bond acceptors (Lipinski definition) is 4. The van der Waals surface area contributed by atoms with Gasteiger partial charge in [0.15, 0.2) is 0 Å². The van der Waals surface area contributed by atoms with E-state index < -0.39 is 0 Å². The van der Waals surface area contributed by atoms with Crippen molar-refractivity contribution in [3.8, 4) is 5.75 Å². The van der Waals surface area contributed by atoms with Gasteiger partial charge in [-0.05, 0) is 92.6 Å². The summed E-state index contributed by atoms with van der Waals surface area (Å²) < 4.78 is 5.94. The standard InChI is InChI=1S/C21H29N3O/c1-2-12-24(13-3-1)14-5-15-25-19-10-8-17(9-11-19)21-20-7-4-6-18(20)16-22-23-21/h8-11,16,22-23H,1-7,12-15H2. The van der Waals surface area contributed by atoms with Crippen LogP contribution in [0.3, 0.4) is 0 Å². The molecule has 4 nitrogen and oxygen atoms in total. The minimum atomic E-state index is 0.802. The van der Waals surface area contributed by atoms with Gasteiger partial charge in [0.1, 0.15) is 5.75 Å². The molecule has 2 heterocycles. The molecule has 1 saturated carbocycles. The molecule has 1 aromatic carbocycles. The van der Waals surface area contributed by atoms with Crippen molar-refractivity contribution in [2.45, 2.75) is 44.9 Å². The van der Waals surface area contributed by atoms with E-state index in [1.807, 2.05) is 0 Å². The second-order valence-electron chi connectivity index (χ2n) is 7.27. The molecule has 2 fully saturated rings. The van der Waals surface area contributed by atoms with Gasteiger partial charge in [0.05, 0.1) is 12.3 Å². The lowest BCUT2D eigenvalue weighted by Gasteiger charge is -2.26. The molecule has 2 N–H and O–H groups in total. The number of ether oxygens (including phenoxy) is 1. The van der Waals surface area contributed by atoms with Crippen molar-refractivity contribution < 1.29 is 4.74 Å². The molecule has 1 aromatic rings. The van der Waals surface area contributed by atoms with Crippen LogP contribution in [0.15, 0.2) is 41.6 Å². The highest BCUT2D eigenvalue weighted by atomic mass is 16.5. The number of hydrogen-bond donors (Lipinski definition) is 2. The third-order valence-electron chi connectivity index (χ3n) is 5.48. The molecule has 3 aliphatic rings. The summed E-state index contributed by atoms with van der Waals surface area (Å²) in [6.07, 6.45) is 10.9. The molecule has 0 radical (unpaired) electrons. The predicted octanol–water partition coefficient (Wildman–Crippen LogP) is 3.83. The molecule has 134 valence electrons. The van der Waals surface area contributed by atoms with Crippen molar-refractivity contribution in [1.82, 2.24) is 15.8 Å². The summed E-state index contributed by atoms with van der Waals surface area (Å²) in [5, 5.41) is 0. The highest BCUT2D eigenvalue weighted by Crippen LogP contribution is 2.36. The predicted molar refractivity (Wildman–Crippen MR) is 102 cm³/mol. The van der Waals surface area contributed by atoms with Crippen LogP contribution in [0.1, 0.15) is 50.5 Å². The van der Waals surface area contributed by atoms with Gasteiger partial charge < -0.3 is 20.5 Å². The number of rotatable bonds is 6. The van der Waals surface area contributed by atoms with Gasteiger partial charge in [0, 0.05) is 12.7 Å². The monoisotopic (exact) mass is 339 g/mol. The van der Waals surface area contributed by atoms with Crippen LogP contribution in [0.2, 0.25) is 0 Å². The average Bonchev–Trinajstić information content (AvgIpc) is 3.15. The molecule has 2 aliphatic heterocycles. The van der Waals surface area contributed by atoms with Gasteiger partial charge in [-0.25, -0.2) is 0 Å². The highest BCUT2D eigenvalue weighted by Gasteiger charge is 2.21. The number of piperidine rings is 1. The van der Waals surface area contributed by atoms with Crippen molar-refractivity contribution in [3.63, 3.8) is 0 Å². The summed E-state index contributed by atoms with van der Waals surface area (Å²) in [5.74, 6) is 0.971. The van der Waals surface area contributed by atoms with E-state index in [0.29, 0.717) is 0 Å². The van der Waals surface area contributed by atoms with Crippen LogP contribution in [0.4, 0.5) is 0 Å². The minimum Gasteiger partial charge on any atom is -0.494 e. The fourth-order valence-corrected chi connectivity index (χ4v) is 4.11. The van der Waals surface area contributed by atoms with Crippen LogP contribution in [-0.4, -0.2) is 31.1 Å². The molecular weight excluding hydrogens is 310 g/mol. The number of hydrazine groups is 1. The Balaban J connectivity index is 1.29. The molecule has 0 atom stereocenters. The molecule has 0 bridgehead atoms. The topological polar surface area (TPSA) is 36.5 Å². The zero-order valence-electron chi connectivity index (χ0n) is 15.0. The van der Waals surface area contributed by atoms with Gasteiger partial charge in [0.2, 0.25) is 0 Å². The van der Waals surface area contributed by atoms with Crippen molar-refractivity contribution in [2.75, 3.05) is 26.2 Å². The molecule has 4 rings (SSSR count). The summed E-state index contributed by atoms with van der Waals surface area (Å²) in [6, 6.07) is 8.52. The van der Waals surface area contributed by atoms with Crippen LogP contribution in [-0.2, 0) is 0 Å². The summed E-state index contributed by atoms with van der Waals surface area (Å²) in [7, 11) is 0. The van der Waals surface area contributed by atoms with E-state index in [2.05, 4.69) is 46.2 Å². The summed E-state index contributed by atoms with van der Waals surface area (Å²) in [4.78, 5) is 2.57. The van der Waals surface area contributed by atoms with Gasteiger partial charge in [-0.15, -0.1) is 0 Å². The van der Waals surface area contributed by atoms with Crippen molar-refractivity contribution in [3.05, 3.63) is 47.2 Å². The maximum Gasteiger partial charge on any atom is 0.119 e. The third kappa shape index (κ3) is 4.01. The van der Waals surface area contributed by atoms with Gasteiger partial charge in [0.25, 0.3) is 0 Å². The third-order valence-corrected chi connectivity index (χ3v) is 5.48. The van der Waals surface area contributed by atoms with Crippen LogP contribution in [0.25, 0.3) is 5.70 Å². The smallest absolute Gasteiger partial charge is 0.119 e. The molecule has 0 spiro atoms. The first kappa shape index (κ1) is 16.5. The van der Waals surface area contributed by atoms with Gasteiger partial charge in [-0.3, -0.25) is 0 Å². The van der Waals surface area contributed by atoms with Gasteiger partial charge >= 0.3 is 0 Å². The fraction of sp³-hybridized carbons (Fsp3) is 0.524. The van der Waals surface area contributed by atoms with E-state index in [4.69, 9.17) is 4.74 Å². The summed E-state index contributed by atoms with van der Waals surface area (Å²) in [5.41, 5.74) is 11.9. The number of allylic oxidation sites excluding steroid dienone is 2.